The fourth-order valence-electron chi connectivity index (χ4n) is 5.03. The Morgan fingerprint density at radius 1 is 1.17 bits per heavy atom. The molecule has 0 saturated heterocycles. The molecule has 1 aromatic heterocycles. The van der Waals surface area contributed by atoms with Crippen molar-refractivity contribution in [1.82, 2.24) is 14.8 Å². The lowest BCUT2D eigenvalue weighted by Gasteiger charge is -2.38. The fourth-order valence-corrected chi connectivity index (χ4v) is 5.92. The molecule has 0 saturated carbocycles. The third kappa shape index (κ3) is 4.61. The van der Waals surface area contributed by atoms with Gasteiger partial charge in [0.1, 0.15) is 11.8 Å². The van der Waals surface area contributed by atoms with Crippen molar-refractivity contribution in [1.29, 1.82) is 0 Å². The van der Waals surface area contributed by atoms with Gasteiger partial charge in [0, 0.05) is 29.0 Å². The molecule has 1 aliphatic carbocycles. The number of nitrogens with one attached hydrogen (secondary N) is 1. The van der Waals surface area contributed by atoms with Crippen LogP contribution in [-0.4, -0.2) is 27.2 Å². The van der Waals surface area contributed by atoms with Crippen molar-refractivity contribution in [3.8, 4) is 5.75 Å². The molecule has 182 valence electrons. The molecular formula is C28H32N4O2S. The lowest BCUT2D eigenvalue weighted by molar-refractivity contribution is -0.118. The maximum absolute atomic E-state index is 13.5. The van der Waals surface area contributed by atoms with E-state index in [0.717, 1.165) is 34.8 Å². The van der Waals surface area contributed by atoms with E-state index < -0.39 is 0 Å². The van der Waals surface area contributed by atoms with Crippen LogP contribution >= 0.6 is 11.8 Å². The van der Waals surface area contributed by atoms with Crippen LogP contribution in [0, 0.1) is 19.3 Å². The van der Waals surface area contributed by atoms with Gasteiger partial charge in [-0.1, -0.05) is 67.6 Å². The highest BCUT2D eigenvalue weighted by molar-refractivity contribution is 7.98. The number of hydrogen-bond acceptors (Lipinski definition) is 6. The standard InChI is InChI=1S/C28H32N4O2S/c1-6-34-23-10-8-7-9-20(23)25-24-21(14-28(4,5)15-22(24)33)29-26-30-27(31-32(25)26)35-16-19-13-17(2)11-12-18(19)3/h7-13,25H,6,14-16H2,1-5H3,(H,29,30,31)/t25-/m1/s1. The van der Waals surface area contributed by atoms with Crippen LogP contribution in [0.4, 0.5) is 5.95 Å². The first-order chi connectivity index (χ1) is 16.8. The fraction of sp³-hybridized carbons (Fsp3) is 0.393. The molecule has 1 aliphatic heterocycles. The number of allylic oxidation sites excluding steroid dienone is 2. The molecule has 7 heteroatoms. The number of fused-ring (bicyclic) bond motifs is 1. The summed E-state index contributed by atoms with van der Waals surface area (Å²) in [4.78, 5) is 18.3. The van der Waals surface area contributed by atoms with Crippen LogP contribution in [0.5, 0.6) is 5.75 Å². The smallest absolute Gasteiger partial charge is 0.227 e. The van der Waals surface area contributed by atoms with Gasteiger partial charge in [0.2, 0.25) is 11.1 Å². The second-order valence-electron chi connectivity index (χ2n) is 10.2. The third-order valence-corrected chi connectivity index (χ3v) is 7.57. The summed E-state index contributed by atoms with van der Waals surface area (Å²) in [5.41, 5.74) is 6.36. The molecule has 0 amide bonds. The summed E-state index contributed by atoms with van der Waals surface area (Å²) >= 11 is 1.62. The average molecular weight is 489 g/mol. The molecule has 3 aromatic rings. The predicted molar refractivity (Wildman–Crippen MR) is 140 cm³/mol. The maximum Gasteiger partial charge on any atom is 0.227 e. The molecule has 2 aromatic carbocycles. The number of carbonyl (C=O) groups excluding carboxylic acids is 1. The number of rotatable bonds is 6. The molecule has 0 unspecified atom stereocenters. The van der Waals surface area contributed by atoms with Crippen molar-refractivity contribution in [2.45, 2.75) is 64.4 Å². The number of carbonyl (C=O) groups is 1. The summed E-state index contributed by atoms with van der Waals surface area (Å²) < 4.78 is 7.85. The Hall–Kier alpha value is -3.06. The molecule has 35 heavy (non-hydrogen) atoms. The first-order valence-electron chi connectivity index (χ1n) is 12.2. The van der Waals surface area contributed by atoms with Gasteiger partial charge in [-0.2, -0.15) is 4.98 Å². The molecule has 2 aliphatic rings. The normalized spacial score (nSPS) is 18.7. The highest BCUT2D eigenvalue weighted by Gasteiger charge is 2.42. The number of ketones is 1. The molecule has 6 nitrogen and oxygen atoms in total. The zero-order chi connectivity index (χ0) is 24.7. The number of nitrogens with zero attached hydrogens (tertiary/aromatic N) is 3. The van der Waals surface area contributed by atoms with Crippen molar-refractivity contribution in [3.05, 3.63) is 76.0 Å². The monoisotopic (exact) mass is 488 g/mol. The van der Waals surface area contributed by atoms with Gasteiger partial charge < -0.3 is 10.1 Å². The lowest BCUT2D eigenvalue weighted by Crippen LogP contribution is -2.36. The van der Waals surface area contributed by atoms with E-state index in [1.54, 1.807) is 11.8 Å². The van der Waals surface area contributed by atoms with E-state index in [-0.39, 0.29) is 17.2 Å². The molecule has 1 atom stereocenters. The molecular weight excluding hydrogens is 456 g/mol. The number of thioether (sulfide) groups is 1. The summed E-state index contributed by atoms with van der Waals surface area (Å²) in [6, 6.07) is 14.1. The SMILES string of the molecule is CCOc1ccccc1[C@@H]1C2=C(CC(C)(C)CC2=O)Nc2nc(SCc3cc(C)ccc3C)nn21. The second-order valence-corrected chi connectivity index (χ2v) is 11.2. The number of para-hydroxylation sites is 1. The van der Waals surface area contributed by atoms with Crippen LogP contribution in [0.15, 0.2) is 58.9 Å². The van der Waals surface area contributed by atoms with Gasteiger partial charge in [-0.25, -0.2) is 4.68 Å². The summed E-state index contributed by atoms with van der Waals surface area (Å²) in [6.07, 6.45) is 1.30. The van der Waals surface area contributed by atoms with Gasteiger partial charge in [0.15, 0.2) is 5.78 Å². The Labute approximate surface area is 211 Å². The van der Waals surface area contributed by atoms with Gasteiger partial charge in [0.05, 0.1) is 6.61 Å². The van der Waals surface area contributed by atoms with Crippen LogP contribution in [0.1, 0.15) is 61.9 Å². The number of hydrogen-bond donors (Lipinski definition) is 1. The zero-order valence-electron chi connectivity index (χ0n) is 21.0. The third-order valence-electron chi connectivity index (χ3n) is 6.69. The van der Waals surface area contributed by atoms with Gasteiger partial charge in [-0.15, -0.1) is 5.10 Å². The second kappa shape index (κ2) is 9.19. The summed E-state index contributed by atoms with van der Waals surface area (Å²) in [6.45, 7) is 11.1. The van der Waals surface area contributed by atoms with Crippen molar-refractivity contribution in [2.24, 2.45) is 5.41 Å². The number of aryl methyl sites for hydroxylation is 2. The van der Waals surface area contributed by atoms with Crippen molar-refractivity contribution < 1.29 is 9.53 Å². The number of ether oxygens (including phenoxy) is 1. The average Bonchev–Trinajstić information content (AvgIpc) is 3.20. The van der Waals surface area contributed by atoms with Gasteiger partial charge in [-0.05, 0) is 49.8 Å². The minimum atomic E-state index is -0.366. The Morgan fingerprint density at radius 3 is 2.77 bits per heavy atom. The van der Waals surface area contributed by atoms with Crippen LogP contribution in [0.3, 0.4) is 0 Å². The zero-order valence-corrected chi connectivity index (χ0v) is 21.8. The summed E-state index contributed by atoms with van der Waals surface area (Å²) in [7, 11) is 0. The van der Waals surface area contributed by atoms with E-state index in [4.69, 9.17) is 14.8 Å². The summed E-state index contributed by atoms with van der Waals surface area (Å²) in [5, 5.41) is 9.07. The van der Waals surface area contributed by atoms with Gasteiger partial charge in [0.25, 0.3) is 0 Å². The highest BCUT2D eigenvalue weighted by atomic mass is 32.2. The van der Waals surface area contributed by atoms with Crippen LogP contribution < -0.4 is 10.1 Å². The van der Waals surface area contributed by atoms with Gasteiger partial charge in [-0.3, -0.25) is 4.79 Å². The Kier molecular flexibility index (Phi) is 6.21. The molecule has 2 heterocycles. The molecule has 0 spiro atoms. The minimum absolute atomic E-state index is 0.102. The van der Waals surface area contributed by atoms with E-state index in [1.807, 2.05) is 35.9 Å². The maximum atomic E-state index is 13.5. The Bertz CT molecular complexity index is 1320. The van der Waals surface area contributed by atoms with Crippen LogP contribution in [0.25, 0.3) is 0 Å². The Balaban J connectivity index is 1.56. The summed E-state index contributed by atoms with van der Waals surface area (Å²) in [5.74, 6) is 2.40. The number of benzene rings is 2. The topological polar surface area (TPSA) is 69.0 Å². The first kappa shape index (κ1) is 23.7. The largest absolute Gasteiger partial charge is 0.494 e. The highest BCUT2D eigenvalue weighted by Crippen LogP contribution is 2.47. The van der Waals surface area contributed by atoms with E-state index in [2.05, 4.69) is 51.2 Å². The van der Waals surface area contributed by atoms with E-state index in [1.165, 1.54) is 16.7 Å². The lowest BCUT2D eigenvalue weighted by atomic mass is 9.73. The predicted octanol–water partition coefficient (Wildman–Crippen LogP) is 6.24. The number of Topliss-reactive ketones (excluding diaryl/α,β-unsaturated/α-hetero) is 1. The van der Waals surface area contributed by atoms with Crippen molar-refractivity contribution in [2.75, 3.05) is 11.9 Å². The molecule has 0 radical (unpaired) electrons. The van der Waals surface area contributed by atoms with Crippen molar-refractivity contribution in [3.63, 3.8) is 0 Å². The quantitative estimate of drug-likeness (QED) is 0.414. The Morgan fingerprint density at radius 2 is 1.97 bits per heavy atom. The van der Waals surface area contributed by atoms with E-state index in [9.17, 15) is 4.79 Å². The first-order valence-corrected chi connectivity index (χ1v) is 13.1. The van der Waals surface area contributed by atoms with E-state index in [0.29, 0.717) is 24.1 Å². The minimum Gasteiger partial charge on any atom is -0.494 e. The number of aromatic nitrogens is 3. The number of anilines is 1. The molecule has 1 N–H and O–H groups in total. The van der Waals surface area contributed by atoms with Crippen molar-refractivity contribution >= 4 is 23.5 Å². The molecule has 0 bridgehead atoms. The van der Waals surface area contributed by atoms with E-state index >= 15 is 0 Å². The molecule has 0 fully saturated rings. The van der Waals surface area contributed by atoms with Gasteiger partial charge >= 0.3 is 0 Å². The van der Waals surface area contributed by atoms with Crippen LogP contribution in [0.2, 0.25) is 0 Å². The molecule has 5 rings (SSSR count). The van der Waals surface area contributed by atoms with Crippen LogP contribution in [-0.2, 0) is 10.5 Å².